The Morgan fingerprint density at radius 3 is 2.63 bits per heavy atom. The van der Waals surface area contributed by atoms with Gasteiger partial charge in [0, 0.05) is 6.04 Å². The second-order valence-electron chi connectivity index (χ2n) is 4.58. The topological polar surface area (TPSA) is 46.9 Å². The quantitative estimate of drug-likeness (QED) is 0.933. The molecule has 0 saturated heterocycles. The summed E-state index contributed by atoms with van der Waals surface area (Å²) in [5.74, 6) is 0. The lowest BCUT2D eigenvalue weighted by Crippen LogP contribution is -2.31. The molecule has 1 heterocycles. The summed E-state index contributed by atoms with van der Waals surface area (Å²) < 4.78 is 37.0. The molecular formula is C11H13ClF3N3O. The molecule has 1 aliphatic carbocycles. The van der Waals surface area contributed by atoms with Crippen molar-refractivity contribution in [2.24, 2.45) is 0 Å². The Balaban J connectivity index is 2.19. The van der Waals surface area contributed by atoms with Crippen LogP contribution in [0.25, 0.3) is 0 Å². The number of halogens is 4. The molecule has 8 heteroatoms. The SMILES string of the molecule is O=c1c(Cl)c(NC2CCCC2)cnn1CC(F)(F)F. The van der Waals surface area contributed by atoms with Gasteiger partial charge in [0.15, 0.2) is 0 Å². The fourth-order valence-corrected chi connectivity index (χ4v) is 2.34. The van der Waals surface area contributed by atoms with Crippen molar-refractivity contribution < 1.29 is 13.2 Å². The fourth-order valence-electron chi connectivity index (χ4n) is 2.14. The van der Waals surface area contributed by atoms with Crippen LogP contribution in [0.1, 0.15) is 25.7 Å². The van der Waals surface area contributed by atoms with E-state index in [-0.39, 0.29) is 11.1 Å². The molecule has 0 aromatic carbocycles. The van der Waals surface area contributed by atoms with Crippen LogP contribution in [-0.4, -0.2) is 22.0 Å². The van der Waals surface area contributed by atoms with E-state index in [2.05, 4.69) is 10.4 Å². The Hall–Kier alpha value is -1.24. The first kappa shape index (κ1) is 14.2. The van der Waals surface area contributed by atoms with Crippen LogP contribution >= 0.6 is 11.6 Å². The van der Waals surface area contributed by atoms with Crippen LogP contribution in [0.2, 0.25) is 5.02 Å². The van der Waals surface area contributed by atoms with E-state index in [1.165, 1.54) is 6.20 Å². The molecule has 0 aliphatic heterocycles. The highest BCUT2D eigenvalue weighted by Gasteiger charge is 2.30. The van der Waals surface area contributed by atoms with Gasteiger partial charge in [-0.25, -0.2) is 4.68 Å². The summed E-state index contributed by atoms with van der Waals surface area (Å²) in [4.78, 5) is 11.7. The number of rotatable bonds is 3. The molecule has 0 spiro atoms. The van der Waals surface area contributed by atoms with Gasteiger partial charge in [-0.3, -0.25) is 4.79 Å². The third-order valence-electron chi connectivity index (χ3n) is 3.03. The maximum absolute atomic E-state index is 12.2. The summed E-state index contributed by atoms with van der Waals surface area (Å²) >= 11 is 5.80. The summed E-state index contributed by atoms with van der Waals surface area (Å²) in [6.45, 7) is -1.44. The van der Waals surface area contributed by atoms with Crippen molar-refractivity contribution in [2.75, 3.05) is 5.32 Å². The summed E-state index contributed by atoms with van der Waals surface area (Å²) in [5, 5.41) is 6.31. The Kier molecular flexibility index (Phi) is 4.03. The van der Waals surface area contributed by atoms with Crippen molar-refractivity contribution in [1.82, 2.24) is 9.78 Å². The second-order valence-corrected chi connectivity index (χ2v) is 4.95. The molecule has 0 unspecified atom stereocenters. The van der Waals surface area contributed by atoms with Gasteiger partial charge in [-0.2, -0.15) is 18.3 Å². The summed E-state index contributed by atoms with van der Waals surface area (Å²) in [6, 6.07) is 0.206. The number of nitrogens with zero attached hydrogens (tertiary/aromatic N) is 2. The lowest BCUT2D eigenvalue weighted by molar-refractivity contribution is -0.143. The molecule has 1 aliphatic rings. The van der Waals surface area contributed by atoms with Crippen LogP contribution in [0.4, 0.5) is 18.9 Å². The molecule has 0 bridgehead atoms. The zero-order chi connectivity index (χ0) is 14.0. The van der Waals surface area contributed by atoms with Crippen molar-refractivity contribution in [1.29, 1.82) is 0 Å². The summed E-state index contributed by atoms with van der Waals surface area (Å²) in [5.41, 5.74) is -0.626. The minimum absolute atomic E-state index is 0.206. The molecule has 1 aromatic heterocycles. The third-order valence-corrected chi connectivity index (χ3v) is 3.39. The van der Waals surface area contributed by atoms with E-state index in [0.717, 1.165) is 25.7 Å². The summed E-state index contributed by atoms with van der Waals surface area (Å²) in [6.07, 6.45) is 0.778. The molecule has 0 atom stereocenters. The van der Waals surface area contributed by atoms with Gasteiger partial charge in [0.05, 0.1) is 11.9 Å². The normalized spacial score (nSPS) is 16.8. The van der Waals surface area contributed by atoms with Gasteiger partial charge in [0.1, 0.15) is 11.6 Å². The molecule has 19 heavy (non-hydrogen) atoms. The van der Waals surface area contributed by atoms with Gasteiger partial charge >= 0.3 is 6.18 Å². The lowest BCUT2D eigenvalue weighted by atomic mass is 10.2. The third kappa shape index (κ3) is 3.62. The molecule has 1 N–H and O–H groups in total. The zero-order valence-electron chi connectivity index (χ0n) is 10.0. The van der Waals surface area contributed by atoms with Crippen molar-refractivity contribution in [3.63, 3.8) is 0 Å². The lowest BCUT2D eigenvalue weighted by Gasteiger charge is -2.15. The van der Waals surface area contributed by atoms with Gasteiger partial charge in [-0.05, 0) is 12.8 Å². The zero-order valence-corrected chi connectivity index (χ0v) is 10.8. The molecule has 1 fully saturated rings. The predicted octanol–water partition coefficient (Wildman–Crippen LogP) is 2.81. The monoisotopic (exact) mass is 295 g/mol. The van der Waals surface area contributed by atoms with E-state index < -0.39 is 18.3 Å². The molecule has 2 rings (SSSR count). The van der Waals surface area contributed by atoms with Crippen LogP contribution in [-0.2, 0) is 6.54 Å². The van der Waals surface area contributed by atoms with E-state index in [0.29, 0.717) is 10.4 Å². The van der Waals surface area contributed by atoms with Crippen LogP contribution < -0.4 is 10.9 Å². The minimum atomic E-state index is -4.50. The van der Waals surface area contributed by atoms with Crippen molar-refractivity contribution in [2.45, 2.75) is 44.4 Å². The molecule has 1 saturated carbocycles. The fraction of sp³-hybridized carbons (Fsp3) is 0.636. The van der Waals surface area contributed by atoms with Gasteiger partial charge in [-0.15, -0.1) is 0 Å². The van der Waals surface area contributed by atoms with Crippen LogP contribution in [0.3, 0.4) is 0 Å². The molecule has 106 valence electrons. The van der Waals surface area contributed by atoms with Crippen molar-refractivity contribution >= 4 is 17.3 Å². The first-order valence-electron chi connectivity index (χ1n) is 5.96. The standard InChI is InChI=1S/C11H13ClF3N3O/c12-9-8(17-7-3-1-2-4-7)5-16-18(10(9)19)6-11(13,14)15/h5,7,17H,1-4,6H2. The number of nitrogens with one attached hydrogen (secondary N) is 1. The highest BCUT2D eigenvalue weighted by atomic mass is 35.5. The van der Waals surface area contributed by atoms with E-state index in [4.69, 9.17) is 11.6 Å². The molecule has 4 nitrogen and oxygen atoms in total. The second kappa shape index (κ2) is 5.40. The number of hydrogen-bond donors (Lipinski definition) is 1. The molecule has 0 radical (unpaired) electrons. The first-order valence-corrected chi connectivity index (χ1v) is 6.33. The van der Waals surface area contributed by atoms with Gasteiger partial charge < -0.3 is 5.32 Å². The van der Waals surface area contributed by atoms with Gasteiger partial charge in [0.25, 0.3) is 5.56 Å². The highest BCUT2D eigenvalue weighted by molar-refractivity contribution is 6.32. The highest BCUT2D eigenvalue weighted by Crippen LogP contribution is 2.25. The first-order chi connectivity index (χ1) is 8.87. The number of hydrogen-bond acceptors (Lipinski definition) is 3. The van der Waals surface area contributed by atoms with Crippen molar-refractivity contribution in [3.8, 4) is 0 Å². The summed E-state index contributed by atoms with van der Waals surface area (Å²) in [7, 11) is 0. The Morgan fingerprint density at radius 1 is 1.42 bits per heavy atom. The maximum Gasteiger partial charge on any atom is 0.408 e. The predicted molar refractivity (Wildman–Crippen MR) is 65.4 cm³/mol. The Bertz CT molecular complexity index is 509. The number of anilines is 1. The van der Waals surface area contributed by atoms with Crippen molar-refractivity contribution in [3.05, 3.63) is 21.6 Å². The Morgan fingerprint density at radius 2 is 2.05 bits per heavy atom. The van der Waals surface area contributed by atoms with Gasteiger partial charge in [-0.1, -0.05) is 24.4 Å². The van der Waals surface area contributed by atoms with Gasteiger partial charge in [0.2, 0.25) is 0 Å². The van der Waals surface area contributed by atoms with Crippen LogP contribution in [0, 0.1) is 0 Å². The smallest absolute Gasteiger partial charge is 0.380 e. The maximum atomic E-state index is 12.2. The average molecular weight is 296 g/mol. The number of aromatic nitrogens is 2. The van der Waals surface area contributed by atoms with Crippen LogP contribution in [0.5, 0.6) is 0 Å². The van der Waals surface area contributed by atoms with Crippen LogP contribution in [0.15, 0.2) is 11.0 Å². The van der Waals surface area contributed by atoms with E-state index in [1.54, 1.807) is 0 Å². The Labute approximate surface area is 112 Å². The minimum Gasteiger partial charge on any atom is -0.380 e. The average Bonchev–Trinajstić information content (AvgIpc) is 2.80. The largest absolute Gasteiger partial charge is 0.408 e. The number of alkyl halides is 3. The molecular weight excluding hydrogens is 283 g/mol. The molecule has 1 aromatic rings. The molecule has 0 amide bonds. The van der Waals surface area contributed by atoms with E-state index >= 15 is 0 Å². The van der Waals surface area contributed by atoms with E-state index in [1.807, 2.05) is 0 Å². The van der Waals surface area contributed by atoms with E-state index in [9.17, 15) is 18.0 Å².